The number of ether oxygens (including phenoxy) is 2. The van der Waals surface area contributed by atoms with E-state index in [1.165, 1.54) is 14.2 Å². The molecule has 0 amide bonds. The lowest BCUT2D eigenvalue weighted by Crippen LogP contribution is -2.57. The fourth-order valence-corrected chi connectivity index (χ4v) is 3.17. The predicted molar refractivity (Wildman–Crippen MR) is 84.9 cm³/mol. The van der Waals surface area contributed by atoms with E-state index in [4.69, 9.17) is 9.47 Å². The van der Waals surface area contributed by atoms with Gasteiger partial charge in [0.1, 0.15) is 0 Å². The number of esters is 2. The minimum Gasteiger partial charge on any atom is -0.468 e. The molecule has 0 saturated heterocycles. The van der Waals surface area contributed by atoms with Crippen LogP contribution in [0.25, 0.3) is 0 Å². The normalized spacial score (nSPS) is 23.0. The third-order valence-corrected chi connectivity index (χ3v) is 4.43. The van der Waals surface area contributed by atoms with E-state index < -0.39 is 29.5 Å². The van der Waals surface area contributed by atoms with Gasteiger partial charge < -0.3 is 19.9 Å². The fraction of sp³-hybridized carbons (Fsp3) is 0.529. The maximum atomic E-state index is 12.4. The molecule has 0 unspecified atom stereocenters. The molecule has 2 N–H and O–H groups in total. The average molecular weight is 321 g/mol. The molecule has 1 aliphatic carbocycles. The zero-order valence-corrected chi connectivity index (χ0v) is 13.7. The molecule has 0 aliphatic heterocycles. The van der Waals surface area contributed by atoms with Gasteiger partial charge in [-0.2, -0.15) is 0 Å². The Morgan fingerprint density at radius 1 is 1.13 bits per heavy atom. The highest BCUT2D eigenvalue weighted by molar-refractivity contribution is 6.01. The lowest BCUT2D eigenvalue weighted by molar-refractivity contribution is -0.175. The van der Waals surface area contributed by atoms with Crippen LogP contribution in [-0.4, -0.2) is 43.4 Å². The summed E-state index contributed by atoms with van der Waals surface area (Å²) in [7, 11) is 2.47. The van der Waals surface area contributed by atoms with Gasteiger partial charge in [-0.25, -0.2) is 0 Å². The number of carbonyl (C=O) groups is 2. The monoisotopic (exact) mass is 321 g/mol. The van der Waals surface area contributed by atoms with Crippen molar-refractivity contribution in [2.45, 2.75) is 38.3 Å². The Kier molecular flexibility index (Phi) is 5.26. The van der Waals surface area contributed by atoms with Crippen LogP contribution in [0, 0.1) is 12.3 Å². The number of aliphatic hydroxyl groups excluding tert-OH is 1. The van der Waals surface area contributed by atoms with E-state index >= 15 is 0 Å². The molecule has 1 aromatic rings. The minimum atomic E-state index is -1.55. The molecule has 1 fully saturated rings. The van der Waals surface area contributed by atoms with Gasteiger partial charge in [0.05, 0.1) is 26.4 Å². The summed E-state index contributed by atoms with van der Waals surface area (Å²) in [6, 6.07) is 7.16. The Hall–Kier alpha value is -2.08. The number of carbonyl (C=O) groups excluding carboxylic acids is 2. The number of aliphatic hydroxyl groups is 1. The topological polar surface area (TPSA) is 84.9 Å². The molecule has 0 radical (unpaired) electrons. The van der Waals surface area contributed by atoms with Gasteiger partial charge in [0.15, 0.2) is 5.41 Å². The number of hydrogen-bond acceptors (Lipinski definition) is 6. The summed E-state index contributed by atoms with van der Waals surface area (Å²) in [6.45, 7) is 1.98. The molecule has 0 bridgehead atoms. The molecule has 6 nitrogen and oxygen atoms in total. The summed E-state index contributed by atoms with van der Waals surface area (Å²) in [5, 5.41) is 13.2. The van der Waals surface area contributed by atoms with E-state index in [1.54, 1.807) is 0 Å². The van der Waals surface area contributed by atoms with Crippen molar-refractivity contribution >= 4 is 17.6 Å². The molecule has 23 heavy (non-hydrogen) atoms. The van der Waals surface area contributed by atoms with E-state index in [-0.39, 0.29) is 6.42 Å². The second-order valence-electron chi connectivity index (χ2n) is 5.95. The summed E-state index contributed by atoms with van der Waals surface area (Å²) in [5.41, 5.74) is 0.363. The van der Waals surface area contributed by atoms with Crippen LogP contribution in [0.5, 0.6) is 0 Å². The summed E-state index contributed by atoms with van der Waals surface area (Å²) in [6.07, 6.45) is 0.193. The Bertz CT molecular complexity index is 553. The lowest BCUT2D eigenvalue weighted by atomic mass is 9.68. The van der Waals surface area contributed by atoms with Gasteiger partial charge in [0.25, 0.3) is 0 Å². The Labute approximate surface area is 135 Å². The first-order chi connectivity index (χ1) is 10.9. The zero-order chi connectivity index (χ0) is 17.0. The molecule has 2 rings (SSSR count). The molecule has 1 aromatic carbocycles. The van der Waals surface area contributed by atoms with E-state index in [2.05, 4.69) is 5.32 Å². The van der Waals surface area contributed by atoms with Crippen molar-refractivity contribution < 1.29 is 24.2 Å². The molecule has 1 aliphatic rings. The SMILES string of the molecule is COC(=O)C1(C(=O)OC)C[C@@H](O)CC[C@H]1Nc1ccc(C)cc1. The van der Waals surface area contributed by atoms with Gasteiger partial charge in [-0.15, -0.1) is 0 Å². The van der Waals surface area contributed by atoms with E-state index in [9.17, 15) is 14.7 Å². The van der Waals surface area contributed by atoms with Crippen LogP contribution in [0.3, 0.4) is 0 Å². The van der Waals surface area contributed by atoms with Gasteiger partial charge in [-0.05, 0) is 31.9 Å². The number of nitrogens with one attached hydrogen (secondary N) is 1. The molecule has 0 aromatic heterocycles. The highest BCUT2D eigenvalue weighted by atomic mass is 16.5. The van der Waals surface area contributed by atoms with Crippen molar-refractivity contribution in [1.29, 1.82) is 0 Å². The van der Waals surface area contributed by atoms with Gasteiger partial charge in [0.2, 0.25) is 0 Å². The number of rotatable bonds is 4. The third-order valence-electron chi connectivity index (χ3n) is 4.43. The van der Waals surface area contributed by atoms with Gasteiger partial charge in [-0.3, -0.25) is 9.59 Å². The van der Waals surface area contributed by atoms with E-state index in [1.807, 2.05) is 31.2 Å². The Morgan fingerprint density at radius 2 is 1.70 bits per heavy atom. The predicted octanol–water partition coefficient (Wildman–Crippen LogP) is 1.65. The van der Waals surface area contributed by atoms with Crippen LogP contribution in [-0.2, 0) is 19.1 Å². The lowest BCUT2D eigenvalue weighted by Gasteiger charge is -2.41. The first kappa shape index (κ1) is 17.3. The van der Waals surface area contributed by atoms with Crippen molar-refractivity contribution in [1.82, 2.24) is 0 Å². The third kappa shape index (κ3) is 3.32. The summed E-state index contributed by atoms with van der Waals surface area (Å²) in [4.78, 5) is 24.8. The Morgan fingerprint density at radius 3 is 2.22 bits per heavy atom. The molecular weight excluding hydrogens is 298 g/mol. The number of hydrogen-bond donors (Lipinski definition) is 2. The second-order valence-corrected chi connectivity index (χ2v) is 5.95. The van der Waals surface area contributed by atoms with Crippen LogP contribution < -0.4 is 5.32 Å². The van der Waals surface area contributed by atoms with Crippen LogP contribution in [0.2, 0.25) is 0 Å². The molecular formula is C17H23NO5. The van der Waals surface area contributed by atoms with Gasteiger partial charge >= 0.3 is 11.9 Å². The molecule has 0 heterocycles. The number of benzene rings is 1. The van der Waals surface area contributed by atoms with Crippen molar-refractivity contribution in [3.63, 3.8) is 0 Å². The molecule has 6 heteroatoms. The minimum absolute atomic E-state index is 0.0180. The summed E-state index contributed by atoms with van der Waals surface area (Å²) < 4.78 is 9.72. The van der Waals surface area contributed by atoms with Gasteiger partial charge in [0, 0.05) is 12.1 Å². The quantitative estimate of drug-likeness (QED) is 0.648. The van der Waals surface area contributed by atoms with Crippen molar-refractivity contribution in [3.8, 4) is 0 Å². The van der Waals surface area contributed by atoms with Crippen LogP contribution in [0.4, 0.5) is 5.69 Å². The standard InChI is InChI=1S/C17H23NO5/c1-11-4-6-12(7-5-11)18-14-9-8-13(19)10-17(14,15(20)22-2)16(21)23-3/h4-7,13-14,18-19H,8-10H2,1-3H3/t13-,14+/m0/s1. The number of methoxy groups -OCH3 is 2. The summed E-state index contributed by atoms with van der Waals surface area (Å²) >= 11 is 0. The maximum absolute atomic E-state index is 12.4. The number of aryl methyl sites for hydroxylation is 1. The van der Waals surface area contributed by atoms with E-state index in [0.29, 0.717) is 12.8 Å². The smallest absolute Gasteiger partial charge is 0.325 e. The van der Waals surface area contributed by atoms with E-state index in [0.717, 1.165) is 11.3 Å². The van der Waals surface area contributed by atoms with Crippen LogP contribution in [0.15, 0.2) is 24.3 Å². The maximum Gasteiger partial charge on any atom is 0.325 e. The summed E-state index contributed by atoms with van der Waals surface area (Å²) in [5.74, 6) is -1.37. The fourth-order valence-electron chi connectivity index (χ4n) is 3.17. The Balaban J connectivity index is 2.37. The second kappa shape index (κ2) is 7.00. The van der Waals surface area contributed by atoms with Crippen LogP contribution >= 0.6 is 0 Å². The number of anilines is 1. The molecule has 126 valence electrons. The van der Waals surface area contributed by atoms with Crippen molar-refractivity contribution in [3.05, 3.63) is 29.8 Å². The average Bonchev–Trinajstić information content (AvgIpc) is 2.56. The largest absolute Gasteiger partial charge is 0.468 e. The highest BCUT2D eigenvalue weighted by Crippen LogP contribution is 2.40. The van der Waals surface area contributed by atoms with Crippen LogP contribution in [0.1, 0.15) is 24.8 Å². The first-order valence-electron chi connectivity index (χ1n) is 7.62. The molecule has 2 atom stereocenters. The molecule has 1 saturated carbocycles. The van der Waals surface area contributed by atoms with Crippen molar-refractivity contribution in [2.24, 2.45) is 5.41 Å². The first-order valence-corrected chi connectivity index (χ1v) is 7.62. The van der Waals surface area contributed by atoms with Gasteiger partial charge in [-0.1, -0.05) is 17.7 Å². The highest BCUT2D eigenvalue weighted by Gasteiger charge is 2.57. The zero-order valence-electron chi connectivity index (χ0n) is 13.7. The van der Waals surface area contributed by atoms with Crippen molar-refractivity contribution in [2.75, 3.05) is 19.5 Å². The molecule has 0 spiro atoms.